The van der Waals surface area contributed by atoms with Crippen molar-refractivity contribution in [3.63, 3.8) is 0 Å². The van der Waals surface area contributed by atoms with Crippen LogP contribution in [0.25, 0.3) is 0 Å². The van der Waals surface area contributed by atoms with Crippen LogP contribution in [0.3, 0.4) is 0 Å². The summed E-state index contributed by atoms with van der Waals surface area (Å²) in [5.41, 5.74) is 1.90. The zero-order valence-electron chi connectivity index (χ0n) is 14.2. The molecule has 0 amide bonds. The van der Waals surface area contributed by atoms with E-state index < -0.39 is 0 Å². The van der Waals surface area contributed by atoms with Crippen molar-refractivity contribution in [2.45, 2.75) is 6.42 Å². The summed E-state index contributed by atoms with van der Waals surface area (Å²) < 4.78 is 21.5. The van der Waals surface area contributed by atoms with Crippen molar-refractivity contribution in [2.75, 3.05) is 28.4 Å². The standard InChI is InChI=1S/C18H21NO5/c1-21-15-9-5-7-12(17(15)23-3)11-14(19-20)13-8-6-10-16(22-2)18(13)24-4/h5-10,20H,11H2,1-4H3. The maximum atomic E-state index is 9.53. The van der Waals surface area contributed by atoms with E-state index in [1.54, 1.807) is 34.5 Å². The Morgan fingerprint density at radius 2 is 1.42 bits per heavy atom. The number of ether oxygens (including phenoxy) is 4. The van der Waals surface area contributed by atoms with Crippen molar-refractivity contribution >= 4 is 5.71 Å². The lowest BCUT2D eigenvalue weighted by atomic mass is 10.00. The first-order valence-electron chi connectivity index (χ1n) is 7.32. The zero-order chi connectivity index (χ0) is 17.5. The van der Waals surface area contributed by atoms with Crippen LogP contribution < -0.4 is 18.9 Å². The van der Waals surface area contributed by atoms with Crippen LogP contribution >= 0.6 is 0 Å². The minimum atomic E-state index is 0.334. The fourth-order valence-electron chi connectivity index (χ4n) is 2.57. The topological polar surface area (TPSA) is 69.5 Å². The van der Waals surface area contributed by atoms with Gasteiger partial charge in [-0.25, -0.2) is 0 Å². The van der Waals surface area contributed by atoms with Gasteiger partial charge in [-0.1, -0.05) is 23.4 Å². The van der Waals surface area contributed by atoms with Gasteiger partial charge >= 0.3 is 0 Å². The molecule has 6 heteroatoms. The van der Waals surface area contributed by atoms with E-state index in [1.165, 1.54) is 0 Å². The number of rotatable bonds is 7. The van der Waals surface area contributed by atoms with Crippen molar-refractivity contribution < 1.29 is 24.2 Å². The number of methoxy groups -OCH3 is 4. The molecular weight excluding hydrogens is 310 g/mol. The highest BCUT2D eigenvalue weighted by Gasteiger charge is 2.18. The molecule has 24 heavy (non-hydrogen) atoms. The second-order valence-corrected chi connectivity index (χ2v) is 4.92. The van der Waals surface area contributed by atoms with E-state index in [9.17, 15) is 5.21 Å². The molecule has 0 bridgehead atoms. The zero-order valence-corrected chi connectivity index (χ0v) is 14.2. The fraction of sp³-hybridized carbons (Fsp3) is 0.278. The van der Waals surface area contributed by atoms with Gasteiger partial charge < -0.3 is 24.2 Å². The van der Waals surface area contributed by atoms with Gasteiger partial charge in [0.2, 0.25) is 0 Å². The van der Waals surface area contributed by atoms with Crippen molar-refractivity contribution in [1.82, 2.24) is 0 Å². The molecule has 6 nitrogen and oxygen atoms in total. The normalized spacial score (nSPS) is 11.1. The number of benzene rings is 2. The van der Waals surface area contributed by atoms with Crippen molar-refractivity contribution in [3.05, 3.63) is 47.5 Å². The van der Waals surface area contributed by atoms with Crippen LogP contribution in [0.1, 0.15) is 11.1 Å². The van der Waals surface area contributed by atoms with Crippen LogP contribution in [0.4, 0.5) is 0 Å². The highest BCUT2D eigenvalue weighted by molar-refractivity contribution is 6.04. The largest absolute Gasteiger partial charge is 0.493 e. The third kappa shape index (κ3) is 3.37. The van der Waals surface area contributed by atoms with Gasteiger partial charge in [0.1, 0.15) is 0 Å². The molecule has 0 atom stereocenters. The summed E-state index contributed by atoms with van der Waals surface area (Å²) >= 11 is 0. The van der Waals surface area contributed by atoms with Gasteiger partial charge in [-0.2, -0.15) is 0 Å². The van der Waals surface area contributed by atoms with Crippen LogP contribution in [-0.4, -0.2) is 39.4 Å². The molecule has 0 saturated carbocycles. The van der Waals surface area contributed by atoms with Crippen molar-refractivity contribution in [2.24, 2.45) is 5.16 Å². The molecule has 0 aliphatic heterocycles. The quantitative estimate of drug-likeness (QED) is 0.479. The summed E-state index contributed by atoms with van der Waals surface area (Å²) in [5.74, 6) is 2.29. The Morgan fingerprint density at radius 1 is 0.833 bits per heavy atom. The molecule has 0 saturated heterocycles. The van der Waals surface area contributed by atoms with E-state index in [2.05, 4.69) is 5.16 Å². The first-order chi connectivity index (χ1) is 11.7. The van der Waals surface area contributed by atoms with E-state index >= 15 is 0 Å². The molecule has 0 spiro atoms. The number of hydrogen-bond acceptors (Lipinski definition) is 6. The molecule has 2 aromatic carbocycles. The molecule has 0 aliphatic carbocycles. The Labute approximate surface area is 141 Å². The van der Waals surface area contributed by atoms with Gasteiger partial charge in [0.25, 0.3) is 0 Å². The lowest BCUT2D eigenvalue weighted by molar-refractivity contribution is 0.317. The SMILES string of the molecule is COc1cccc(CC(=NO)c2cccc(OC)c2OC)c1OC. The van der Waals surface area contributed by atoms with Gasteiger partial charge in [-0.15, -0.1) is 0 Å². The van der Waals surface area contributed by atoms with Crippen molar-refractivity contribution in [3.8, 4) is 23.0 Å². The average molecular weight is 331 g/mol. The highest BCUT2D eigenvalue weighted by atomic mass is 16.5. The van der Waals surface area contributed by atoms with Gasteiger partial charge in [-0.05, 0) is 18.2 Å². The van der Waals surface area contributed by atoms with E-state index in [0.29, 0.717) is 40.7 Å². The molecule has 0 unspecified atom stereocenters. The van der Waals surface area contributed by atoms with Gasteiger partial charge in [0, 0.05) is 17.5 Å². The van der Waals surface area contributed by atoms with Crippen LogP contribution in [0.2, 0.25) is 0 Å². The minimum absolute atomic E-state index is 0.334. The summed E-state index contributed by atoms with van der Waals surface area (Å²) in [7, 11) is 6.25. The number of nitrogens with zero attached hydrogens (tertiary/aromatic N) is 1. The first-order valence-corrected chi connectivity index (χ1v) is 7.32. The Kier molecular flexibility index (Phi) is 5.89. The van der Waals surface area contributed by atoms with E-state index in [1.807, 2.05) is 30.3 Å². The van der Waals surface area contributed by atoms with Crippen LogP contribution in [0.5, 0.6) is 23.0 Å². The molecule has 2 rings (SSSR count). The summed E-state index contributed by atoms with van der Waals surface area (Å²) in [6, 6.07) is 11.0. The fourth-order valence-corrected chi connectivity index (χ4v) is 2.57. The molecular formula is C18H21NO5. The van der Waals surface area contributed by atoms with Gasteiger partial charge in [0.05, 0.1) is 34.2 Å². The molecule has 0 aliphatic rings. The highest BCUT2D eigenvalue weighted by Crippen LogP contribution is 2.35. The van der Waals surface area contributed by atoms with Gasteiger partial charge in [-0.3, -0.25) is 0 Å². The Hall–Kier alpha value is -2.89. The smallest absolute Gasteiger partial charge is 0.169 e. The maximum absolute atomic E-state index is 9.53. The minimum Gasteiger partial charge on any atom is -0.493 e. The first kappa shape index (κ1) is 17.5. The summed E-state index contributed by atoms with van der Waals surface area (Å²) in [6.07, 6.45) is 0.334. The Bertz CT molecular complexity index is 727. The summed E-state index contributed by atoms with van der Waals surface area (Å²) in [4.78, 5) is 0. The Balaban J connectivity index is 2.46. The average Bonchev–Trinajstić information content (AvgIpc) is 2.64. The van der Waals surface area contributed by atoms with Crippen LogP contribution in [0.15, 0.2) is 41.6 Å². The lowest BCUT2D eigenvalue weighted by Gasteiger charge is -2.15. The third-order valence-electron chi connectivity index (χ3n) is 3.68. The Morgan fingerprint density at radius 3 is 1.96 bits per heavy atom. The molecule has 128 valence electrons. The van der Waals surface area contributed by atoms with E-state index in [0.717, 1.165) is 5.56 Å². The number of hydrogen-bond donors (Lipinski definition) is 1. The second kappa shape index (κ2) is 8.10. The predicted molar refractivity (Wildman–Crippen MR) is 91.1 cm³/mol. The monoisotopic (exact) mass is 331 g/mol. The van der Waals surface area contributed by atoms with Crippen LogP contribution in [0, 0.1) is 0 Å². The summed E-state index contributed by atoms with van der Waals surface area (Å²) in [6.45, 7) is 0. The van der Waals surface area contributed by atoms with E-state index in [4.69, 9.17) is 18.9 Å². The molecule has 0 radical (unpaired) electrons. The van der Waals surface area contributed by atoms with Gasteiger partial charge in [0.15, 0.2) is 23.0 Å². The maximum Gasteiger partial charge on any atom is 0.169 e. The molecule has 0 heterocycles. The molecule has 1 N–H and O–H groups in total. The third-order valence-corrected chi connectivity index (χ3v) is 3.68. The van der Waals surface area contributed by atoms with Crippen molar-refractivity contribution in [1.29, 1.82) is 0 Å². The molecule has 0 aromatic heterocycles. The number of para-hydroxylation sites is 2. The second-order valence-electron chi connectivity index (χ2n) is 4.92. The number of oxime groups is 1. The molecule has 2 aromatic rings. The summed E-state index contributed by atoms with van der Waals surface area (Å²) in [5, 5.41) is 13.0. The molecule has 0 fully saturated rings. The predicted octanol–water partition coefficient (Wildman–Crippen LogP) is 3.14. The lowest BCUT2D eigenvalue weighted by Crippen LogP contribution is -2.09. The van der Waals surface area contributed by atoms with Crippen LogP contribution in [-0.2, 0) is 6.42 Å². The van der Waals surface area contributed by atoms with E-state index in [-0.39, 0.29) is 0 Å².